The zero-order valence-electron chi connectivity index (χ0n) is 17.5. The minimum absolute atomic E-state index is 0.0670. The summed E-state index contributed by atoms with van der Waals surface area (Å²) >= 11 is 7.01. The van der Waals surface area contributed by atoms with E-state index in [1.54, 1.807) is 36.7 Å². The Morgan fingerprint density at radius 3 is 2.59 bits per heavy atom. The number of ether oxygens (including phenoxy) is 1. The molecule has 3 aromatic rings. The molecular formula is C23H23ClN2O4S2. The first-order valence-corrected chi connectivity index (χ1v) is 12.8. The maximum absolute atomic E-state index is 13.4. The van der Waals surface area contributed by atoms with Crippen molar-refractivity contribution in [3.8, 4) is 5.75 Å². The monoisotopic (exact) mass is 490 g/mol. The molecule has 1 aromatic heterocycles. The number of nitrogens with zero attached hydrogens (tertiary/aromatic N) is 2. The second-order valence-electron chi connectivity index (χ2n) is 7.50. The lowest BCUT2D eigenvalue weighted by molar-refractivity contribution is 0.0775. The van der Waals surface area contributed by atoms with Crippen LogP contribution in [-0.2, 0) is 23.0 Å². The van der Waals surface area contributed by atoms with Crippen molar-refractivity contribution in [1.29, 1.82) is 0 Å². The Balaban J connectivity index is 1.44. The molecule has 2 heterocycles. The van der Waals surface area contributed by atoms with Gasteiger partial charge in [0.05, 0.1) is 6.54 Å². The molecule has 0 spiro atoms. The van der Waals surface area contributed by atoms with Crippen LogP contribution >= 0.6 is 22.9 Å². The van der Waals surface area contributed by atoms with E-state index >= 15 is 0 Å². The third-order valence-electron chi connectivity index (χ3n) is 5.39. The van der Waals surface area contributed by atoms with E-state index in [0.29, 0.717) is 36.8 Å². The van der Waals surface area contributed by atoms with E-state index in [0.717, 1.165) is 16.9 Å². The fourth-order valence-corrected chi connectivity index (χ4v) is 6.51. The second kappa shape index (κ2) is 9.62. The molecule has 0 N–H and O–H groups in total. The first-order valence-electron chi connectivity index (χ1n) is 10.1. The Labute approximate surface area is 197 Å². The van der Waals surface area contributed by atoms with E-state index in [-0.39, 0.29) is 22.3 Å². The lowest BCUT2D eigenvalue weighted by Gasteiger charge is -2.28. The summed E-state index contributed by atoms with van der Waals surface area (Å²) in [6.45, 7) is 1.30. The van der Waals surface area contributed by atoms with Gasteiger partial charge in [0.15, 0.2) is 0 Å². The highest BCUT2D eigenvalue weighted by molar-refractivity contribution is 7.89. The van der Waals surface area contributed by atoms with Gasteiger partial charge in [-0.2, -0.15) is 4.31 Å². The molecule has 4 rings (SSSR count). The highest BCUT2D eigenvalue weighted by Crippen LogP contribution is 2.30. The summed E-state index contributed by atoms with van der Waals surface area (Å²) in [7, 11) is -2.15. The third kappa shape index (κ3) is 4.83. The second-order valence-corrected chi connectivity index (χ2v) is 10.8. The zero-order valence-corrected chi connectivity index (χ0v) is 19.9. The number of thiophene rings is 1. The number of hydrogen-bond acceptors (Lipinski definition) is 5. The summed E-state index contributed by atoms with van der Waals surface area (Å²) in [4.78, 5) is 14.8. The van der Waals surface area contributed by atoms with Crippen LogP contribution in [0.15, 0.2) is 64.9 Å². The van der Waals surface area contributed by atoms with Crippen LogP contribution < -0.4 is 4.74 Å². The van der Waals surface area contributed by atoms with Gasteiger partial charge in [-0.05, 0) is 53.3 Å². The third-order valence-corrected chi connectivity index (χ3v) is 8.56. The zero-order chi connectivity index (χ0) is 22.7. The number of sulfonamides is 1. The molecule has 168 valence electrons. The Kier molecular flexibility index (Phi) is 6.85. The molecule has 0 bridgehead atoms. The average molecular weight is 491 g/mol. The van der Waals surface area contributed by atoms with Crippen LogP contribution in [0.25, 0.3) is 0 Å². The summed E-state index contributed by atoms with van der Waals surface area (Å²) in [5.74, 6) is 0.315. The first kappa shape index (κ1) is 22.8. The highest BCUT2D eigenvalue weighted by atomic mass is 35.5. The molecule has 0 saturated carbocycles. The molecule has 6 nitrogen and oxygen atoms in total. The molecule has 0 aliphatic carbocycles. The minimum Gasteiger partial charge on any atom is -0.492 e. The van der Waals surface area contributed by atoms with Crippen molar-refractivity contribution in [3.05, 3.63) is 81.0 Å². The molecule has 0 radical (unpaired) electrons. The molecule has 1 amide bonds. The lowest BCUT2D eigenvalue weighted by atomic mass is 10.0. The van der Waals surface area contributed by atoms with Crippen LogP contribution in [0.5, 0.6) is 5.75 Å². The molecule has 0 atom stereocenters. The standard InChI is InChI=1S/C23H23ClN2O4S2/c1-25(13-14-30-20-8-6-19(24)7-9-20)23(27)22-21(11-15-31-22)32(28,29)26-12-10-17-4-2-3-5-18(17)16-26/h2-9,11,15H,10,12-14,16H2,1H3. The van der Waals surface area contributed by atoms with Gasteiger partial charge in [-0.25, -0.2) is 8.42 Å². The largest absolute Gasteiger partial charge is 0.492 e. The molecular weight excluding hydrogens is 468 g/mol. The topological polar surface area (TPSA) is 66.9 Å². The van der Waals surface area contributed by atoms with Gasteiger partial charge in [0, 0.05) is 25.2 Å². The fourth-order valence-electron chi connectivity index (χ4n) is 3.58. The first-order chi connectivity index (χ1) is 15.4. The summed E-state index contributed by atoms with van der Waals surface area (Å²) < 4.78 is 33.8. The average Bonchev–Trinajstić information content (AvgIpc) is 3.30. The van der Waals surface area contributed by atoms with E-state index in [1.807, 2.05) is 24.3 Å². The summed E-state index contributed by atoms with van der Waals surface area (Å²) in [6, 6.07) is 16.3. The molecule has 1 aliphatic heterocycles. The summed E-state index contributed by atoms with van der Waals surface area (Å²) in [5, 5.41) is 2.27. The molecule has 0 unspecified atom stereocenters. The van der Waals surface area contributed by atoms with Gasteiger partial charge in [0.2, 0.25) is 10.0 Å². The van der Waals surface area contributed by atoms with Crippen LogP contribution in [0.1, 0.15) is 20.8 Å². The lowest BCUT2D eigenvalue weighted by Crippen LogP contribution is -2.37. The van der Waals surface area contributed by atoms with Gasteiger partial charge >= 0.3 is 0 Å². The Morgan fingerprint density at radius 1 is 1.12 bits per heavy atom. The van der Waals surface area contributed by atoms with Crippen molar-refractivity contribution in [3.63, 3.8) is 0 Å². The summed E-state index contributed by atoms with van der Waals surface area (Å²) in [5.41, 5.74) is 2.17. The number of carbonyl (C=O) groups is 1. The van der Waals surface area contributed by atoms with Crippen molar-refractivity contribution in [2.45, 2.75) is 17.9 Å². The Morgan fingerprint density at radius 2 is 1.84 bits per heavy atom. The van der Waals surface area contributed by atoms with Crippen molar-refractivity contribution < 1.29 is 17.9 Å². The number of hydrogen-bond donors (Lipinski definition) is 0. The number of amides is 1. The number of benzene rings is 2. The van der Waals surface area contributed by atoms with E-state index in [2.05, 4.69) is 0 Å². The van der Waals surface area contributed by atoms with Crippen LogP contribution in [0, 0.1) is 0 Å². The highest BCUT2D eigenvalue weighted by Gasteiger charge is 2.33. The van der Waals surface area contributed by atoms with E-state index < -0.39 is 10.0 Å². The number of fused-ring (bicyclic) bond motifs is 1. The van der Waals surface area contributed by atoms with Gasteiger partial charge < -0.3 is 9.64 Å². The molecule has 32 heavy (non-hydrogen) atoms. The minimum atomic E-state index is -3.79. The Hall–Kier alpha value is -2.39. The van der Waals surface area contributed by atoms with Gasteiger partial charge in [0.1, 0.15) is 22.1 Å². The van der Waals surface area contributed by atoms with Gasteiger partial charge in [0.25, 0.3) is 5.91 Å². The van der Waals surface area contributed by atoms with E-state index in [4.69, 9.17) is 16.3 Å². The van der Waals surface area contributed by atoms with Gasteiger partial charge in [-0.3, -0.25) is 4.79 Å². The van der Waals surface area contributed by atoms with Gasteiger partial charge in [-0.1, -0.05) is 35.9 Å². The molecule has 0 saturated heterocycles. The number of rotatable bonds is 7. The molecule has 1 aliphatic rings. The molecule has 0 fully saturated rings. The number of likely N-dealkylation sites (N-methyl/N-ethyl adjacent to an activating group) is 1. The van der Waals surface area contributed by atoms with Crippen LogP contribution in [0.3, 0.4) is 0 Å². The van der Waals surface area contributed by atoms with E-state index in [9.17, 15) is 13.2 Å². The van der Waals surface area contributed by atoms with E-state index in [1.165, 1.54) is 20.8 Å². The SMILES string of the molecule is CN(CCOc1ccc(Cl)cc1)C(=O)c1sccc1S(=O)(=O)N1CCc2ccccc2C1. The van der Waals surface area contributed by atoms with Crippen LogP contribution in [0.2, 0.25) is 5.02 Å². The Bertz CT molecular complexity index is 1210. The molecule has 2 aromatic carbocycles. The maximum Gasteiger partial charge on any atom is 0.265 e. The maximum atomic E-state index is 13.4. The van der Waals surface area contributed by atoms with Crippen molar-refractivity contribution >= 4 is 38.9 Å². The van der Waals surface area contributed by atoms with Crippen LogP contribution in [0.4, 0.5) is 0 Å². The van der Waals surface area contributed by atoms with Crippen molar-refractivity contribution in [2.24, 2.45) is 0 Å². The predicted molar refractivity (Wildman–Crippen MR) is 126 cm³/mol. The summed E-state index contributed by atoms with van der Waals surface area (Å²) in [6.07, 6.45) is 0.657. The van der Waals surface area contributed by atoms with Crippen molar-refractivity contribution in [2.75, 3.05) is 26.7 Å². The van der Waals surface area contributed by atoms with Gasteiger partial charge in [-0.15, -0.1) is 11.3 Å². The normalized spacial score (nSPS) is 14.1. The molecule has 9 heteroatoms. The fraction of sp³-hybridized carbons (Fsp3) is 0.261. The quantitative estimate of drug-likeness (QED) is 0.495. The smallest absolute Gasteiger partial charge is 0.265 e. The number of carbonyl (C=O) groups excluding carboxylic acids is 1. The van der Waals surface area contributed by atoms with Crippen molar-refractivity contribution in [1.82, 2.24) is 9.21 Å². The number of halogens is 1. The van der Waals surface area contributed by atoms with Crippen LogP contribution in [-0.4, -0.2) is 50.3 Å². The predicted octanol–water partition coefficient (Wildman–Crippen LogP) is 4.30.